The molecule has 40 valence electrons. The molecule has 0 aliphatic carbocycles. The summed E-state index contributed by atoms with van der Waals surface area (Å²) in [6, 6.07) is 0. The Morgan fingerprint density at radius 2 is 0.714 bits per heavy atom. The molecule has 4 nitrogen and oxygen atoms in total. The molecule has 0 aromatic heterocycles. The second-order valence-electron chi connectivity index (χ2n) is 0.236. The molecule has 7 heavy (non-hydrogen) atoms. The summed E-state index contributed by atoms with van der Waals surface area (Å²) in [6.07, 6.45) is 0. The van der Waals surface area contributed by atoms with Gasteiger partial charge in [0.15, 0.2) is 0 Å². The first-order valence-electron chi connectivity index (χ1n) is 1.15. The van der Waals surface area contributed by atoms with Gasteiger partial charge in [-0.2, -0.15) is 0 Å². The van der Waals surface area contributed by atoms with Gasteiger partial charge in [-0.05, 0) is 0 Å². The summed E-state index contributed by atoms with van der Waals surface area (Å²) in [7, 11) is -2.50. The molecule has 0 aliphatic rings. The van der Waals surface area contributed by atoms with Gasteiger partial charge in [0.25, 0.3) is 0 Å². The molecule has 0 aromatic rings. The Balaban J connectivity index is -0.0000000400. The van der Waals surface area contributed by atoms with Crippen LogP contribution in [0.5, 0.6) is 0 Å². The van der Waals surface area contributed by atoms with Crippen LogP contribution in [0.4, 0.5) is 0 Å². The summed E-state index contributed by atoms with van der Waals surface area (Å²) < 4.78 is 0. The second-order valence-corrected chi connectivity index (χ2v) is 0.236. The van der Waals surface area contributed by atoms with Crippen molar-refractivity contribution in [2.45, 2.75) is 0 Å². The SMILES string of the molecule is [O-]B[O-].[O-]B[O-].[Ru+4]. The molecular formula is H2B2O4Ru. The van der Waals surface area contributed by atoms with E-state index in [2.05, 4.69) is 0 Å². The van der Waals surface area contributed by atoms with Gasteiger partial charge < -0.3 is 20.1 Å². The Bertz CT molecular complexity index is 11.7. The molecule has 7 heteroatoms. The minimum absolute atomic E-state index is 0. The minimum Gasteiger partial charge on any atom is -0.896 e. The fourth-order valence-electron chi connectivity index (χ4n) is 0. The Labute approximate surface area is 55.6 Å². The maximum atomic E-state index is 8.38. The molecule has 0 unspecified atom stereocenters. The van der Waals surface area contributed by atoms with E-state index in [1.807, 2.05) is 0 Å². The van der Waals surface area contributed by atoms with E-state index in [4.69, 9.17) is 20.1 Å². The van der Waals surface area contributed by atoms with Crippen LogP contribution >= 0.6 is 0 Å². The van der Waals surface area contributed by atoms with Crippen LogP contribution in [0.3, 0.4) is 0 Å². The van der Waals surface area contributed by atoms with Crippen molar-refractivity contribution in [2.75, 3.05) is 0 Å². The molecule has 0 radical (unpaired) electrons. The summed E-state index contributed by atoms with van der Waals surface area (Å²) in [5.41, 5.74) is 0. The second kappa shape index (κ2) is 30.7. The van der Waals surface area contributed by atoms with E-state index in [-0.39, 0.29) is 19.5 Å². The van der Waals surface area contributed by atoms with Crippen molar-refractivity contribution >= 4 is 15.4 Å². The van der Waals surface area contributed by atoms with Crippen LogP contribution in [0.25, 0.3) is 0 Å². The van der Waals surface area contributed by atoms with E-state index in [1.54, 1.807) is 0 Å². The van der Waals surface area contributed by atoms with Gasteiger partial charge in [0.2, 0.25) is 0 Å². The molecule has 0 saturated carbocycles. The Morgan fingerprint density at radius 1 is 0.714 bits per heavy atom. The molecule has 0 rings (SSSR count). The van der Waals surface area contributed by atoms with Crippen LogP contribution in [0.15, 0.2) is 0 Å². The normalized spacial score (nSPS) is 4.00. The number of hydrogen-bond acceptors (Lipinski definition) is 4. The molecular weight excluding hydrogens is 187 g/mol. The fraction of sp³-hybridized carbons (Fsp3) is 0. The molecule has 0 N–H and O–H groups in total. The predicted octanol–water partition coefficient (Wildman–Crippen LogP) is -6.06. The predicted molar refractivity (Wildman–Crippen MR) is 14.3 cm³/mol. The number of hydrogen-bond donors (Lipinski definition) is 0. The molecule has 0 atom stereocenters. The van der Waals surface area contributed by atoms with Gasteiger partial charge >= 0.3 is 19.5 Å². The monoisotopic (exact) mass is 190 g/mol. The van der Waals surface area contributed by atoms with Crippen LogP contribution < -0.4 is 20.1 Å². The van der Waals surface area contributed by atoms with Gasteiger partial charge in [0, 0.05) is 0 Å². The minimum atomic E-state index is -1.25. The van der Waals surface area contributed by atoms with Gasteiger partial charge in [-0.3, -0.25) is 0 Å². The first kappa shape index (κ1) is 15.6. The Hall–Kier alpha value is 0.593. The van der Waals surface area contributed by atoms with Gasteiger partial charge in [-0.1, -0.05) is 0 Å². The zero-order chi connectivity index (χ0) is 5.41. The third-order valence-corrected chi connectivity index (χ3v) is 0. The summed E-state index contributed by atoms with van der Waals surface area (Å²) in [4.78, 5) is 0. The van der Waals surface area contributed by atoms with Crippen LogP contribution in [0.2, 0.25) is 0 Å². The Kier molecular flexibility index (Phi) is 68.6. The van der Waals surface area contributed by atoms with Gasteiger partial charge in [0.05, 0.1) is 0 Å². The molecule has 0 bridgehead atoms. The molecule has 0 spiro atoms. The average molecular weight is 189 g/mol. The van der Waals surface area contributed by atoms with Crippen molar-refractivity contribution in [2.24, 2.45) is 0 Å². The van der Waals surface area contributed by atoms with E-state index in [0.717, 1.165) is 0 Å². The molecule has 0 fully saturated rings. The Morgan fingerprint density at radius 3 is 0.714 bits per heavy atom. The molecule has 0 saturated heterocycles. The topological polar surface area (TPSA) is 92.2 Å². The van der Waals surface area contributed by atoms with Crippen LogP contribution in [0.1, 0.15) is 0 Å². The van der Waals surface area contributed by atoms with Crippen molar-refractivity contribution in [1.82, 2.24) is 0 Å². The molecule has 0 heterocycles. The van der Waals surface area contributed by atoms with Crippen LogP contribution in [-0.2, 0) is 19.5 Å². The summed E-state index contributed by atoms with van der Waals surface area (Å²) in [6.45, 7) is 0. The first-order valence-corrected chi connectivity index (χ1v) is 1.15. The van der Waals surface area contributed by atoms with Crippen molar-refractivity contribution < 1.29 is 39.6 Å². The average Bonchev–Trinajstić information content (AvgIpc) is 1.39. The van der Waals surface area contributed by atoms with Crippen molar-refractivity contribution in [3.05, 3.63) is 0 Å². The zero-order valence-corrected chi connectivity index (χ0v) is 5.14. The quantitative estimate of drug-likeness (QED) is 0.354. The van der Waals surface area contributed by atoms with Crippen LogP contribution in [0, 0.1) is 0 Å². The van der Waals surface area contributed by atoms with Crippen molar-refractivity contribution in [3.63, 3.8) is 0 Å². The van der Waals surface area contributed by atoms with Gasteiger partial charge in [0.1, 0.15) is 0 Å². The van der Waals surface area contributed by atoms with E-state index in [1.165, 1.54) is 0 Å². The van der Waals surface area contributed by atoms with Crippen LogP contribution in [-0.4, -0.2) is 15.4 Å². The standard InChI is InChI=1S/2BHO2.Ru/c2*2-1-3;/h2*1H;/q2*-2;+4. The smallest absolute Gasteiger partial charge is 0.896 e. The molecule has 0 aliphatic heterocycles. The van der Waals surface area contributed by atoms with E-state index in [0.29, 0.717) is 0 Å². The number of rotatable bonds is 0. The molecule has 0 aromatic carbocycles. The first-order chi connectivity index (χ1) is 2.83. The van der Waals surface area contributed by atoms with Crippen molar-refractivity contribution in [3.8, 4) is 0 Å². The third-order valence-electron chi connectivity index (χ3n) is 0. The third kappa shape index (κ3) is 395. The zero-order valence-electron chi connectivity index (χ0n) is 3.40. The maximum absolute atomic E-state index is 8.38. The van der Waals surface area contributed by atoms with E-state index in [9.17, 15) is 0 Å². The maximum Gasteiger partial charge on any atom is 4.00 e. The van der Waals surface area contributed by atoms with Gasteiger partial charge in [-0.15, -0.1) is 15.4 Å². The van der Waals surface area contributed by atoms with E-state index < -0.39 is 15.4 Å². The van der Waals surface area contributed by atoms with Crippen molar-refractivity contribution in [1.29, 1.82) is 0 Å². The summed E-state index contributed by atoms with van der Waals surface area (Å²) in [5.74, 6) is 0. The van der Waals surface area contributed by atoms with E-state index >= 15 is 0 Å². The fourth-order valence-corrected chi connectivity index (χ4v) is 0. The molecule has 0 amide bonds. The largest absolute Gasteiger partial charge is 4.00 e. The summed E-state index contributed by atoms with van der Waals surface area (Å²) >= 11 is 0. The van der Waals surface area contributed by atoms with Gasteiger partial charge in [-0.25, -0.2) is 0 Å². The summed E-state index contributed by atoms with van der Waals surface area (Å²) in [5, 5.41) is 33.5.